The molecule has 0 aromatic heterocycles. The van der Waals surface area contributed by atoms with Crippen LogP contribution in [0.4, 0.5) is 20.2 Å². The molecule has 1 aliphatic rings. The fourth-order valence-corrected chi connectivity index (χ4v) is 2.70. The molecule has 1 saturated heterocycles. The quantitative estimate of drug-likeness (QED) is 0.853. The molecule has 1 heterocycles. The highest BCUT2D eigenvalue weighted by Crippen LogP contribution is 2.26. The van der Waals surface area contributed by atoms with Gasteiger partial charge in [-0.1, -0.05) is 6.07 Å². The molecule has 2 aromatic rings. The maximum atomic E-state index is 13.3. The third-order valence-corrected chi connectivity index (χ3v) is 3.86. The third-order valence-electron chi connectivity index (χ3n) is 3.86. The first kappa shape index (κ1) is 17.7. The minimum absolute atomic E-state index is 0.0455. The number of carbonyl (C=O) groups is 3. The number of benzene rings is 2. The molecule has 26 heavy (non-hydrogen) atoms. The Morgan fingerprint density at radius 1 is 1.08 bits per heavy atom. The Morgan fingerprint density at radius 3 is 2.31 bits per heavy atom. The number of nitrogens with one attached hydrogen (secondary N) is 1. The van der Waals surface area contributed by atoms with E-state index in [2.05, 4.69) is 5.32 Å². The lowest BCUT2D eigenvalue weighted by Gasteiger charge is -2.27. The summed E-state index contributed by atoms with van der Waals surface area (Å²) in [7, 11) is 0. The Labute approximate surface area is 147 Å². The number of nitrogens with zero attached hydrogens (tertiary/aromatic N) is 1. The molecule has 0 atom stereocenters. The van der Waals surface area contributed by atoms with Gasteiger partial charge < -0.3 is 10.1 Å². The van der Waals surface area contributed by atoms with Gasteiger partial charge in [0.25, 0.3) is 17.7 Å². The summed E-state index contributed by atoms with van der Waals surface area (Å²) in [5.74, 6) is -3.34. The number of imide groups is 1. The smallest absolute Gasteiger partial charge is 0.259 e. The monoisotopic (exact) mass is 360 g/mol. The first-order valence-corrected chi connectivity index (χ1v) is 7.67. The summed E-state index contributed by atoms with van der Waals surface area (Å²) < 4.78 is 31.4. The molecule has 1 fully saturated rings. The van der Waals surface area contributed by atoms with E-state index in [0.29, 0.717) is 11.6 Å². The molecule has 3 amide bonds. The van der Waals surface area contributed by atoms with Gasteiger partial charge in [0.2, 0.25) is 0 Å². The maximum absolute atomic E-state index is 13.3. The number of halogens is 2. The van der Waals surface area contributed by atoms with E-state index in [1.165, 1.54) is 18.2 Å². The summed E-state index contributed by atoms with van der Waals surface area (Å²) in [5.41, 5.74) is 0.766. The molecule has 1 N–H and O–H groups in total. The molecule has 0 saturated carbocycles. The molecular weight excluding hydrogens is 346 g/mol. The Bertz CT molecular complexity index is 878. The van der Waals surface area contributed by atoms with Crippen LogP contribution in [0.25, 0.3) is 0 Å². The zero-order chi connectivity index (χ0) is 18.8. The van der Waals surface area contributed by atoms with Crippen LogP contribution in [0, 0.1) is 18.6 Å². The summed E-state index contributed by atoms with van der Waals surface area (Å²) in [5, 5.41) is 2.40. The largest absolute Gasteiger partial charge is 0.362 e. The Balaban J connectivity index is 1.92. The second kappa shape index (κ2) is 7.01. The van der Waals surface area contributed by atoms with Crippen LogP contribution in [0.5, 0.6) is 0 Å². The zero-order valence-corrected chi connectivity index (χ0v) is 13.7. The summed E-state index contributed by atoms with van der Waals surface area (Å²) in [6, 6.07) is 7.19. The predicted molar refractivity (Wildman–Crippen MR) is 88.8 cm³/mol. The lowest BCUT2D eigenvalue weighted by atomic mass is 10.0. The van der Waals surface area contributed by atoms with E-state index in [9.17, 15) is 23.2 Å². The standard InChI is InChI=1S/C18H14F2N2O4/c1-10-14(18(25)21-13-6-11(19)5-12(20)7-13)3-2-4-15(10)22-16(23)8-26-9-17(22)24/h2-7H,8-9H2,1H3,(H,21,25). The van der Waals surface area contributed by atoms with E-state index >= 15 is 0 Å². The predicted octanol–water partition coefficient (Wildman–Crippen LogP) is 2.42. The number of anilines is 2. The average Bonchev–Trinajstić information content (AvgIpc) is 2.55. The van der Waals surface area contributed by atoms with Gasteiger partial charge in [-0.3, -0.25) is 14.4 Å². The lowest BCUT2D eigenvalue weighted by Crippen LogP contribution is -2.46. The number of hydrogen-bond acceptors (Lipinski definition) is 4. The van der Waals surface area contributed by atoms with Crippen molar-refractivity contribution in [3.63, 3.8) is 0 Å². The van der Waals surface area contributed by atoms with Crippen molar-refractivity contribution >= 4 is 29.1 Å². The molecule has 6 nitrogen and oxygen atoms in total. The van der Waals surface area contributed by atoms with Crippen LogP contribution in [0.1, 0.15) is 15.9 Å². The van der Waals surface area contributed by atoms with Crippen LogP contribution in [0.15, 0.2) is 36.4 Å². The number of ether oxygens (including phenoxy) is 1. The number of rotatable bonds is 3. The van der Waals surface area contributed by atoms with Crippen LogP contribution >= 0.6 is 0 Å². The maximum Gasteiger partial charge on any atom is 0.259 e. The number of carbonyl (C=O) groups excluding carboxylic acids is 3. The fourth-order valence-electron chi connectivity index (χ4n) is 2.70. The highest BCUT2D eigenvalue weighted by Gasteiger charge is 2.30. The van der Waals surface area contributed by atoms with Gasteiger partial charge in [0.1, 0.15) is 24.8 Å². The average molecular weight is 360 g/mol. The summed E-state index contributed by atoms with van der Waals surface area (Å²) in [4.78, 5) is 37.5. The molecule has 134 valence electrons. The molecule has 0 spiro atoms. The first-order chi connectivity index (χ1) is 12.4. The van der Waals surface area contributed by atoms with Crippen molar-refractivity contribution in [1.29, 1.82) is 0 Å². The van der Waals surface area contributed by atoms with E-state index in [0.717, 1.165) is 17.0 Å². The molecule has 1 aliphatic heterocycles. The van der Waals surface area contributed by atoms with E-state index < -0.39 is 29.4 Å². The number of hydrogen-bond donors (Lipinski definition) is 1. The van der Waals surface area contributed by atoms with Crippen molar-refractivity contribution in [2.75, 3.05) is 23.4 Å². The molecule has 2 aromatic carbocycles. The van der Waals surface area contributed by atoms with Crippen molar-refractivity contribution < 1.29 is 27.9 Å². The van der Waals surface area contributed by atoms with Gasteiger partial charge in [-0.15, -0.1) is 0 Å². The molecule has 0 bridgehead atoms. The van der Waals surface area contributed by atoms with Gasteiger partial charge in [-0.05, 0) is 36.8 Å². The second-order valence-electron chi connectivity index (χ2n) is 5.68. The molecule has 0 unspecified atom stereocenters. The minimum Gasteiger partial charge on any atom is -0.362 e. The van der Waals surface area contributed by atoms with Gasteiger partial charge in [-0.25, -0.2) is 13.7 Å². The second-order valence-corrected chi connectivity index (χ2v) is 5.68. The fraction of sp³-hybridized carbons (Fsp3) is 0.167. The molecule has 0 radical (unpaired) electrons. The van der Waals surface area contributed by atoms with Crippen molar-refractivity contribution in [1.82, 2.24) is 0 Å². The lowest BCUT2D eigenvalue weighted by molar-refractivity contribution is -0.138. The van der Waals surface area contributed by atoms with Crippen molar-refractivity contribution in [2.24, 2.45) is 0 Å². The SMILES string of the molecule is Cc1c(C(=O)Nc2cc(F)cc(F)c2)cccc1N1C(=O)COCC1=O. The van der Waals surface area contributed by atoms with Gasteiger partial charge in [0.15, 0.2) is 0 Å². The van der Waals surface area contributed by atoms with E-state index in [1.54, 1.807) is 6.92 Å². The Hall–Kier alpha value is -3.13. The zero-order valence-electron chi connectivity index (χ0n) is 13.7. The van der Waals surface area contributed by atoms with Crippen LogP contribution in [0.3, 0.4) is 0 Å². The van der Waals surface area contributed by atoms with Crippen LogP contribution in [0.2, 0.25) is 0 Å². The highest BCUT2D eigenvalue weighted by molar-refractivity contribution is 6.18. The van der Waals surface area contributed by atoms with E-state index in [-0.39, 0.29) is 30.2 Å². The minimum atomic E-state index is -0.824. The topological polar surface area (TPSA) is 75.7 Å². The van der Waals surface area contributed by atoms with E-state index in [4.69, 9.17) is 4.74 Å². The van der Waals surface area contributed by atoms with Crippen molar-refractivity contribution in [2.45, 2.75) is 6.92 Å². The Morgan fingerprint density at radius 2 is 1.69 bits per heavy atom. The summed E-state index contributed by atoms with van der Waals surface area (Å²) >= 11 is 0. The van der Waals surface area contributed by atoms with Gasteiger partial charge >= 0.3 is 0 Å². The first-order valence-electron chi connectivity index (χ1n) is 7.67. The molecule has 0 aliphatic carbocycles. The number of morpholine rings is 1. The van der Waals surface area contributed by atoms with Gasteiger partial charge in [-0.2, -0.15) is 0 Å². The van der Waals surface area contributed by atoms with Crippen molar-refractivity contribution in [3.8, 4) is 0 Å². The normalized spacial score (nSPS) is 14.5. The van der Waals surface area contributed by atoms with Gasteiger partial charge in [0, 0.05) is 17.3 Å². The van der Waals surface area contributed by atoms with Crippen LogP contribution in [-0.2, 0) is 14.3 Å². The number of amides is 3. The Kier molecular flexibility index (Phi) is 4.77. The highest BCUT2D eigenvalue weighted by atomic mass is 19.1. The summed E-state index contributed by atoms with van der Waals surface area (Å²) in [6.45, 7) is 1.11. The van der Waals surface area contributed by atoms with Crippen LogP contribution in [-0.4, -0.2) is 30.9 Å². The van der Waals surface area contributed by atoms with Crippen LogP contribution < -0.4 is 10.2 Å². The summed E-state index contributed by atoms with van der Waals surface area (Å²) in [6.07, 6.45) is 0. The molecule has 8 heteroatoms. The van der Waals surface area contributed by atoms with E-state index in [1.807, 2.05) is 0 Å². The van der Waals surface area contributed by atoms with Gasteiger partial charge in [0.05, 0.1) is 5.69 Å². The molecule has 3 rings (SSSR count). The van der Waals surface area contributed by atoms with Crippen molar-refractivity contribution in [3.05, 3.63) is 59.2 Å². The third kappa shape index (κ3) is 3.45. The molecular formula is C18H14F2N2O4.